The summed E-state index contributed by atoms with van der Waals surface area (Å²) in [6.07, 6.45) is 0. The summed E-state index contributed by atoms with van der Waals surface area (Å²) in [7, 11) is -1.50. The molecule has 0 spiro atoms. The highest BCUT2D eigenvalue weighted by Crippen LogP contribution is 2.45. The van der Waals surface area contributed by atoms with Crippen LogP contribution in [0.1, 0.15) is 0 Å². The molecule has 0 aliphatic heterocycles. The largest absolute Gasteiger partial charge is 0.0784 e. The van der Waals surface area contributed by atoms with E-state index >= 15 is 0 Å². The molecule has 7 rings (SSSR count). The van der Waals surface area contributed by atoms with Gasteiger partial charge >= 0.3 is 0 Å². The van der Waals surface area contributed by atoms with Crippen molar-refractivity contribution >= 4 is 56.4 Å². The quantitative estimate of drug-likeness (QED) is 0.166. The van der Waals surface area contributed by atoms with Gasteiger partial charge in [-0.15, -0.1) is 0 Å². The molecule has 0 radical (unpaired) electrons. The second-order valence-electron chi connectivity index (χ2n) is 11.4. The highest BCUT2D eigenvalue weighted by Gasteiger charge is 2.22. The molecule has 1 heteroatoms. The lowest BCUT2D eigenvalue weighted by molar-refractivity contribution is 1.68. The van der Waals surface area contributed by atoms with Gasteiger partial charge in [-0.3, -0.25) is 0 Å². The Kier molecular flexibility index (Phi) is 5.24. The van der Waals surface area contributed by atoms with Gasteiger partial charge in [0.2, 0.25) is 0 Å². The fraction of sp³-hybridized carbons (Fsp3) is 0.0811. The molecule has 0 fully saturated rings. The van der Waals surface area contributed by atoms with E-state index in [-0.39, 0.29) is 0 Å². The summed E-state index contributed by atoms with van der Waals surface area (Å²) in [5.41, 5.74) is 5.23. The second-order valence-corrected chi connectivity index (χ2v) is 16.4. The number of fused-ring (bicyclic) bond motifs is 4. The van der Waals surface area contributed by atoms with Gasteiger partial charge in [0.1, 0.15) is 0 Å². The van der Waals surface area contributed by atoms with Crippen LogP contribution in [-0.2, 0) is 0 Å². The molecule has 0 heterocycles. The SMILES string of the molecule is C[Si](C)(C)c1ccc(-c2c3ccccc3c(-c3ccc4ccccc4c3)c3ccccc23)c2ccccc12. The summed E-state index contributed by atoms with van der Waals surface area (Å²) >= 11 is 0. The van der Waals surface area contributed by atoms with Crippen molar-refractivity contribution < 1.29 is 0 Å². The minimum Gasteiger partial charge on any atom is -0.0656 e. The molecule has 7 aromatic rings. The Morgan fingerprint density at radius 2 is 0.895 bits per heavy atom. The minimum atomic E-state index is -1.50. The minimum absolute atomic E-state index is 1.27. The molecule has 7 aromatic carbocycles. The van der Waals surface area contributed by atoms with Gasteiger partial charge < -0.3 is 0 Å². The summed E-state index contributed by atoms with van der Waals surface area (Å²) in [5.74, 6) is 0. The molecule has 0 unspecified atom stereocenters. The highest BCUT2D eigenvalue weighted by molar-refractivity contribution is 6.90. The van der Waals surface area contributed by atoms with Gasteiger partial charge in [-0.2, -0.15) is 0 Å². The van der Waals surface area contributed by atoms with E-state index < -0.39 is 8.07 Å². The van der Waals surface area contributed by atoms with E-state index in [1.165, 1.54) is 70.5 Å². The summed E-state index contributed by atoms with van der Waals surface area (Å²) in [4.78, 5) is 0. The van der Waals surface area contributed by atoms with Crippen molar-refractivity contribution in [2.75, 3.05) is 0 Å². The Labute approximate surface area is 225 Å². The molecule has 0 aliphatic rings. The molecule has 182 valence electrons. The monoisotopic (exact) mass is 502 g/mol. The number of hydrogen-bond acceptors (Lipinski definition) is 0. The van der Waals surface area contributed by atoms with Crippen LogP contribution in [-0.4, -0.2) is 8.07 Å². The Morgan fingerprint density at radius 1 is 0.395 bits per heavy atom. The van der Waals surface area contributed by atoms with E-state index in [0.29, 0.717) is 0 Å². The summed E-state index contributed by atoms with van der Waals surface area (Å²) in [5, 5.41) is 12.0. The van der Waals surface area contributed by atoms with Crippen LogP contribution in [0.3, 0.4) is 0 Å². The lowest BCUT2D eigenvalue weighted by Crippen LogP contribution is -2.38. The van der Waals surface area contributed by atoms with Crippen LogP contribution in [0.5, 0.6) is 0 Å². The average molecular weight is 503 g/mol. The molecule has 0 nitrogen and oxygen atoms in total. The maximum absolute atomic E-state index is 2.44. The standard InChI is InChI=1S/C37H30Si/c1-38(2,3)35-23-22-34(28-14-6-7-15-29(28)35)37-32-18-10-8-16-30(32)36(31-17-9-11-19-33(31)37)27-21-20-25-12-4-5-13-26(25)24-27/h4-24H,1-3H3. The maximum Gasteiger partial charge on any atom is 0.0784 e. The van der Waals surface area contributed by atoms with Crippen molar-refractivity contribution in [1.82, 2.24) is 0 Å². The third-order valence-electron chi connectivity index (χ3n) is 7.97. The molecule has 38 heavy (non-hydrogen) atoms. The summed E-state index contributed by atoms with van der Waals surface area (Å²) < 4.78 is 0. The molecule has 0 amide bonds. The molecule has 0 saturated heterocycles. The Hall–Kier alpha value is -4.20. The third kappa shape index (κ3) is 3.58. The van der Waals surface area contributed by atoms with Gasteiger partial charge in [-0.05, 0) is 71.4 Å². The first kappa shape index (κ1) is 23.0. The smallest absolute Gasteiger partial charge is 0.0656 e. The van der Waals surface area contributed by atoms with E-state index in [9.17, 15) is 0 Å². The molecule has 0 saturated carbocycles. The van der Waals surface area contributed by atoms with Crippen molar-refractivity contribution in [2.24, 2.45) is 0 Å². The van der Waals surface area contributed by atoms with Crippen molar-refractivity contribution in [3.8, 4) is 22.3 Å². The number of benzene rings is 7. The molecular weight excluding hydrogens is 472 g/mol. The molecule has 0 bridgehead atoms. The number of hydrogen-bond donors (Lipinski definition) is 0. The van der Waals surface area contributed by atoms with Gasteiger partial charge in [0.15, 0.2) is 0 Å². The average Bonchev–Trinajstić information content (AvgIpc) is 2.94. The Bertz CT molecular complexity index is 1950. The zero-order valence-corrected chi connectivity index (χ0v) is 23.1. The first-order valence-corrected chi connectivity index (χ1v) is 17.0. The van der Waals surface area contributed by atoms with Gasteiger partial charge in [-0.25, -0.2) is 0 Å². The summed E-state index contributed by atoms with van der Waals surface area (Å²) in [6, 6.07) is 47.3. The van der Waals surface area contributed by atoms with Crippen LogP contribution >= 0.6 is 0 Å². The van der Waals surface area contributed by atoms with Crippen molar-refractivity contribution in [1.29, 1.82) is 0 Å². The highest BCUT2D eigenvalue weighted by atomic mass is 28.3. The maximum atomic E-state index is 2.44. The zero-order chi connectivity index (χ0) is 25.9. The third-order valence-corrected chi connectivity index (χ3v) is 10.0. The predicted octanol–water partition coefficient (Wildman–Crippen LogP) is 10.2. The predicted molar refractivity (Wildman–Crippen MR) is 170 cm³/mol. The topological polar surface area (TPSA) is 0 Å². The van der Waals surface area contributed by atoms with Crippen LogP contribution in [0.25, 0.3) is 65.3 Å². The lowest BCUT2D eigenvalue weighted by atomic mass is 9.84. The Balaban J connectivity index is 1.62. The van der Waals surface area contributed by atoms with Crippen LogP contribution in [0.2, 0.25) is 19.6 Å². The van der Waals surface area contributed by atoms with E-state index in [1.807, 2.05) is 0 Å². The fourth-order valence-corrected chi connectivity index (χ4v) is 7.85. The zero-order valence-electron chi connectivity index (χ0n) is 22.1. The number of rotatable bonds is 3. The van der Waals surface area contributed by atoms with Crippen LogP contribution in [0.15, 0.2) is 127 Å². The fourth-order valence-electron chi connectivity index (χ4n) is 6.25. The molecular formula is C37H30Si. The van der Waals surface area contributed by atoms with Crippen LogP contribution in [0, 0.1) is 0 Å². The van der Waals surface area contributed by atoms with Crippen molar-refractivity contribution in [2.45, 2.75) is 19.6 Å². The Morgan fingerprint density at radius 3 is 1.50 bits per heavy atom. The van der Waals surface area contributed by atoms with E-state index in [2.05, 4.69) is 147 Å². The lowest BCUT2D eigenvalue weighted by Gasteiger charge is -2.23. The van der Waals surface area contributed by atoms with Gasteiger partial charge in [0.25, 0.3) is 0 Å². The van der Waals surface area contributed by atoms with Gasteiger partial charge in [-0.1, -0.05) is 146 Å². The van der Waals surface area contributed by atoms with Crippen LogP contribution in [0.4, 0.5) is 0 Å². The second kappa shape index (κ2) is 8.68. The van der Waals surface area contributed by atoms with E-state index in [1.54, 1.807) is 0 Å². The van der Waals surface area contributed by atoms with Gasteiger partial charge in [0, 0.05) is 0 Å². The summed E-state index contributed by atoms with van der Waals surface area (Å²) in [6.45, 7) is 7.33. The first-order valence-electron chi connectivity index (χ1n) is 13.5. The molecule has 0 atom stereocenters. The van der Waals surface area contributed by atoms with Gasteiger partial charge in [0.05, 0.1) is 8.07 Å². The molecule has 0 N–H and O–H groups in total. The van der Waals surface area contributed by atoms with Crippen LogP contribution < -0.4 is 5.19 Å². The van der Waals surface area contributed by atoms with E-state index in [0.717, 1.165) is 0 Å². The van der Waals surface area contributed by atoms with E-state index in [4.69, 9.17) is 0 Å². The normalized spacial score (nSPS) is 12.1. The molecule has 0 aromatic heterocycles. The van der Waals surface area contributed by atoms with Crippen molar-refractivity contribution in [3.63, 3.8) is 0 Å². The first-order chi connectivity index (χ1) is 18.5. The molecule has 0 aliphatic carbocycles. The van der Waals surface area contributed by atoms with Crippen molar-refractivity contribution in [3.05, 3.63) is 127 Å².